The summed E-state index contributed by atoms with van der Waals surface area (Å²) in [6, 6.07) is 6.52. The molecule has 0 aliphatic carbocycles. The molecule has 24 heavy (non-hydrogen) atoms. The summed E-state index contributed by atoms with van der Waals surface area (Å²) >= 11 is 0. The Bertz CT molecular complexity index is 516. The molecule has 0 aromatic heterocycles. The van der Waals surface area contributed by atoms with Gasteiger partial charge in [-0.3, -0.25) is 0 Å². The molecule has 5 heteroatoms. The smallest absolute Gasteiger partial charge is 0.410 e. The Kier molecular flexibility index (Phi) is 7.21. The van der Waals surface area contributed by atoms with Crippen molar-refractivity contribution in [3.05, 3.63) is 35.6 Å². The third-order valence-corrected chi connectivity index (χ3v) is 3.44. The molecule has 4 nitrogen and oxygen atoms in total. The highest BCUT2D eigenvalue weighted by Crippen LogP contribution is 2.17. The summed E-state index contributed by atoms with van der Waals surface area (Å²) in [5, 5.41) is 3.33. The first-order valence-corrected chi connectivity index (χ1v) is 8.45. The highest BCUT2D eigenvalue weighted by Gasteiger charge is 2.30. The lowest BCUT2D eigenvalue weighted by Gasteiger charge is -2.36. The fraction of sp³-hybridized carbons (Fsp3) is 0.632. The van der Waals surface area contributed by atoms with Crippen LogP contribution in [-0.4, -0.2) is 41.8 Å². The van der Waals surface area contributed by atoms with Crippen LogP contribution in [0.25, 0.3) is 0 Å². The third-order valence-electron chi connectivity index (χ3n) is 3.44. The van der Waals surface area contributed by atoms with Crippen LogP contribution in [0.3, 0.4) is 0 Å². The molecular formula is C19H31FN2O2. The number of amides is 1. The van der Waals surface area contributed by atoms with Crippen LogP contribution < -0.4 is 5.32 Å². The number of hydrogen-bond donors (Lipinski definition) is 1. The number of nitrogens with one attached hydrogen (secondary N) is 1. The summed E-state index contributed by atoms with van der Waals surface area (Å²) in [4.78, 5) is 14.1. The first-order chi connectivity index (χ1) is 11.0. The molecule has 0 spiro atoms. The molecule has 1 rings (SSSR count). The lowest BCUT2D eigenvalue weighted by Crippen LogP contribution is -2.50. The first-order valence-electron chi connectivity index (χ1n) is 8.45. The van der Waals surface area contributed by atoms with Gasteiger partial charge >= 0.3 is 6.09 Å². The molecule has 0 fully saturated rings. The molecule has 0 saturated carbocycles. The Hall–Kier alpha value is -1.62. The molecule has 0 unspecified atom stereocenters. The van der Waals surface area contributed by atoms with Crippen LogP contribution in [0.1, 0.15) is 47.1 Å². The minimum absolute atomic E-state index is 0.218. The second-order valence-corrected chi connectivity index (χ2v) is 7.93. The zero-order chi connectivity index (χ0) is 18.4. The van der Waals surface area contributed by atoms with E-state index in [1.807, 2.05) is 41.5 Å². The molecule has 0 atom stereocenters. The van der Waals surface area contributed by atoms with Gasteiger partial charge < -0.3 is 15.0 Å². The molecule has 1 N–H and O–H groups in total. The number of benzene rings is 1. The van der Waals surface area contributed by atoms with Gasteiger partial charge in [0.2, 0.25) is 0 Å². The van der Waals surface area contributed by atoms with E-state index in [0.717, 1.165) is 18.5 Å². The van der Waals surface area contributed by atoms with Crippen molar-refractivity contribution in [1.82, 2.24) is 10.2 Å². The molecule has 0 bridgehead atoms. The van der Waals surface area contributed by atoms with Crippen molar-refractivity contribution in [3.63, 3.8) is 0 Å². The van der Waals surface area contributed by atoms with Gasteiger partial charge in [0.1, 0.15) is 11.4 Å². The van der Waals surface area contributed by atoms with Crippen LogP contribution in [0.4, 0.5) is 9.18 Å². The molecule has 0 radical (unpaired) electrons. The summed E-state index contributed by atoms with van der Waals surface area (Å²) < 4.78 is 18.3. The topological polar surface area (TPSA) is 41.6 Å². The van der Waals surface area contributed by atoms with Crippen LogP contribution in [0, 0.1) is 5.82 Å². The van der Waals surface area contributed by atoms with E-state index < -0.39 is 5.60 Å². The van der Waals surface area contributed by atoms with Gasteiger partial charge in [-0.15, -0.1) is 0 Å². The van der Waals surface area contributed by atoms with E-state index in [1.54, 1.807) is 17.0 Å². The van der Waals surface area contributed by atoms with E-state index >= 15 is 0 Å². The van der Waals surface area contributed by atoms with Crippen LogP contribution in [0.15, 0.2) is 24.3 Å². The van der Waals surface area contributed by atoms with Gasteiger partial charge in [-0.1, -0.05) is 12.1 Å². The van der Waals surface area contributed by atoms with Crippen molar-refractivity contribution >= 4 is 6.09 Å². The lowest BCUT2D eigenvalue weighted by atomic mass is 10.1. The van der Waals surface area contributed by atoms with Gasteiger partial charge in [-0.05, 0) is 72.2 Å². The Morgan fingerprint density at radius 1 is 1.08 bits per heavy atom. The van der Waals surface area contributed by atoms with Gasteiger partial charge in [0.25, 0.3) is 0 Å². The lowest BCUT2D eigenvalue weighted by molar-refractivity contribution is 0.00666. The zero-order valence-corrected chi connectivity index (χ0v) is 15.8. The van der Waals surface area contributed by atoms with Crippen molar-refractivity contribution in [2.24, 2.45) is 0 Å². The minimum atomic E-state index is -0.503. The van der Waals surface area contributed by atoms with E-state index in [-0.39, 0.29) is 17.4 Å². The first kappa shape index (κ1) is 20.4. The number of hydrogen-bond acceptors (Lipinski definition) is 3. The zero-order valence-electron chi connectivity index (χ0n) is 15.8. The maximum absolute atomic E-state index is 12.9. The van der Waals surface area contributed by atoms with E-state index in [1.165, 1.54) is 12.1 Å². The molecule has 1 amide bonds. The molecule has 0 saturated heterocycles. The van der Waals surface area contributed by atoms with Gasteiger partial charge in [-0.25, -0.2) is 9.18 Å². The summed E-state index contributed by atoms with van der Waals surface area (Å²) in [5.74, 6) is -0.218. The monoisotopic (exact) mass is 338 g/mol. The quantitative estimate of drug-likeness (QED) is 0.797. The molecule has 1 aromatic carbocycles. The minimum Gasteiger partial charge on any atom is -0.444 e. The number of carbonyl (C=O) groups is 1. The maximum atomic E-state index is 12.9. The molecule has 136 valence electrons. The third kappa shape index (κ3) is 7.77. The van der Waals surface area contributed by atoms with Crippen molar-refractivity contribution in [2.75, 3.05) is 19.6 Å². The van der Waals surface area contributed by atoms with Crippen molar-refractivity contribution in [2.45, 2.75) is 59.1 Å². The molecule has 1 aromatic rings. The second-order valence-electron chi connectivity index (χ2n) is 7.93. The predicted octanol–water partition coefficient (Wildman–Crippen LogP) is 3.99. The normalized spacial score (nSPS) is 12.1. The van der Waals surface area contributed by atoms with Gasteiger partial charge in [0.15, 0.2) is 0 Å². The number of nitrogens with zero attached hydrogens (tertiary/aromatic N) is 1. The number of carbonyl (C=O) groups excluding carboxylic acids is 1. The number of rotatable bonds is 6. The van der Waals surface area contributed by atoms with Crippen LogP contribution >= 0.6 is 0 Å². The SMILES string of the molecule is CC(C)(C)OC(=O)N(CCNCCc1ccc(F)cc1)C(C)(C)C. The highest BCUT2D eigenvalue weighted by molar-refractivity contribution is 5.69. The predicted molar refractivity (Wildman–Crippen MR) is 95.7 cm³/mol. The van der Waals surface area contributed by atoms with Crippen LogP contribution in [-0.2, 0) is 11.2 Å². The Balaban J connectivity index is 2.42. The molecule has 0 aliphatic rings. The van der Waals surface area contributed by atoms with Crippen molar-refractivity contribution in [1.29, 1.82) is 0 Å². The Morgan fingerprint density at radius 2 is 1.67 bits per heavy atom. The van der Waals surface area contributed by atoms with Crippen LogP contribution in [0.2, 0.25) is 0 Å². The van der Waals surface area contributed by atoms with E-state index in [9.17, 15) is 9.18 Å². The van der Waals surface area contributed by atoms with Gasteiger partial charge in [0.05, 0.1) is 0 Å². The summed E-state index contributed by atoms with van der Waals surface area (Å²) in [6.07, 6.45) is 0.526. The summed E-state index contributed by atoms with van der Waals surface area (Å²) in [6.45, 7) is 13.6. The van der Waals surface area contributed by atoms with Crippen molar-refractivity contribution in [3.8, 4) is 0 Å². The van der Waals surface area contributed by atoms with Crippen molar-refractivity contribution < 1.29 is 13.9 Å². The Labute approximate surface area is 145 Å². The number of halogens is 1. The average Bonchev–Trinajstić information content (AvgIpc) is 2.41. The van der Waals surface area contributed by atoms with Crippen LogP contribution in [0.5, 0.6) is 0 Å². The fourth-order valence-electron chi connectivity index (χ4n) is 2.22. The molecular weight excluding hydrogens is 307 g/mol. The molecule has 0 aliphatic heterocycles. The molecule has 0 heterocycles. The average molecular weight is 338 g/mol. The van der Waals surface area contributed by atoms with E-state index in [2.05, 4.69) is 5.32 Å². The highest BCUT2D eigenvalue weighted by atomic mass is 19.1. The van der Waals surface area contributed by atoms with Gasteiger partial charge in [-0.2, -0.15) is 0 Å². The van der Waals surface area contributed by atoms with E-state index in [4.69, 9.17) is 4.74 Å². The Morgan fingerprint density at radius 3 is 2.17 bits per heavy atom. The number of ether oxygens (including phenoxy) is 1. The van der Waals surface area contributed by atoms with E-state index in [0.29, 0.717) is 13.1 Å². The largest absolute Gasteiger partial charge is 0.444 e. The standard InChI is InChI=1S/C19H31FN2O2/c1-18(2,3)22(17(23)24-19(4,5)6)14-13-21-12-11-15-7-9-16(20)10-8-15/h7-10,21H,11-14H2,1-6H3. The van der Waals surface area contributed by atoms with Gasteiger partial charge in [0, 0.05) is 18.6 Å². The summed E-state index contributed by atoms with van der Waals surface area (Å²) in [5.41, 5.74) is 0.279. The fourth-order valence-corrected chi connectivity index (χ4v) is 2.22. The second kappa shape index (κ2) is 8.47. The summed E-state index contributed by atoms with van der Waals surface area (Å²) in [7, 11) is 0. The maximum Gasteiger partial charge on any atom is 0.410 e.